The molecule has 0 N–H and O–H groups in total. The summed E-state index contributed by atoms with van der Waals surface area (Å²) in [5, 5.41) is 3.79. The van der Waals surface area contributed by atoms with Crippen LogP contribution in [-0.4, -0.2) is 24.0 Å². The smallest absolute Gasteiger partial charge is 0.137 e. The summed E-state index contributed by atoms with van der Waals surface area (Å²) in [5.74, 6) is 1.83. The second kappa shape index (κ2) is 4.46. The lowest BCUT2D eigenvalue weighted by Crippen LogP contribution is -2.35. The molecule has 0 radical (unpaired) electrons. The third kappa shape index (κ3) is 2.14. The van der Waals surface area contributed by atoms with Gasteiger partial charge in [0.25, 0.3) is 0 Å². The number of anilines is 1. The van der Waals surface area contributed by atoms with Crippen molar-refractivity contribution in [2.24, 2.45) is 5.92 Å². The molecule has 0 atom stereocenters. The minimum absolute atomic E-state index is 0.401. The fourth-order valence-corrected chi connectivity index (χ4v) is 3.74. The molecule has 3 rings (SSSR count). The van der Waals surface area contributed by atoms with Crippen LogP contribution in [0.25, 0.3) is 10.1 Å². The van der Waals surface area contributed by atoms with E-state index in [2.05, 4.69) is 34.4 Å². The second-order valence-corrected chi connectivity index (χ2v) is 6.35. The van der Waals surface area contributed by atoms with Crippen molar-refractivity contribution in [2.75, 3.05) is 18.5 Å². The highest BCUT2D eigenvalue weighted by molar-refractivity contribution is 7.17. The van der Waals surface area contributed by atoms with E-state index in [1.54, 1.807) is 11.3 Å². The van der Waals surface area contributed by atoms with Crippen LogP contribution >= 0.6 is 22.9 Å². The first-order chi connectivity index (χ1) is 8.24. The molecule has 1 saturated carbocycles. The van der Waals surface area contributed by atoms with Gasteiger partial charge in [-0.15, -0.1) is 22.9 Å². The Balaban J connectivity index is 1.80. The lowest BCUT2D eigenvalue weighted by atomic mass is 9.84. The summed E-state index contributed by atoms with van der Waals surface area (Å²) in [7, 11) is 2.13. The lowest BCUT2D eigenvalue weighted by Gasteiger charge is -2.34. The van der Waals surface area contributed by atoms with E-state index in [-0.39, 0.29) is 0 Å². The zero-order chi connectivity index (χ0) is 11.8. The number of nitrogens with zero attached hydrogens (tertiary/aromatic N) is 2. The van der Waals surface area contributed by atoms with Crippen molar-refractivity contribution in [1.29, 1.82) is 0 Å². The topological polar surface area (TPSA) is 16.1 Å². The molecule has 2 heterocycles. The maximum atomic E-state index is 6.02. The van der Waals surface area contributed by atoms with E-state index < -0.39 is 0 Å². The Morgan fingerprint density at radius 3 is 3.06 bits per heavy atom. The van der Waals surface area contributed by atoms with Crippen LogP contribution < -0.4 is 4.90 Å². The summed E-state index contributed by atoms with van der Waals surface area (Å²) in [4.78, 5) is 6.78. The maximum absolute atomic E-state index is 6.02. The zero-order valence-electron chi connectivity index (χ0n) is 9.77. The van der Waals surface area contributed by atoms with Crippen LogP contribution in [-0.2, 0) is 0 Å². The van der Waals surface area contributed by atoms with Crippen molar-refractivity contribution >= 4 is 38.8 Å². The highest BCUT2D eigenvalue weighted by atomic mass is 35.5. The molecule has 0 amide bonds. The molecule has 0 aromatic carbocycles. The number of aromatic nitrogens is 1. The zero-order valence-corrected chi connectivity index (χ0v) is 11.3. The Morgan fingerprint density at radius 2 is 2.29 bits per heavy atom. The largest absolute Gasteiger partial charge is 0.359 e. The van der Waals surface area contributed by atoms with Crippen LogP contribution in [0.1, 0.15) is 12.8 Å². The molecule has 0 spiro atoms. The molecule has 4 heteroatoms. The average Bonchev–Trinajstić information content (AvgIpc) is 2.74. The van der Waals surface area contributed by atoms with Gasteiger partial charge in [0.05, 0.1) is 0 Å². The Labute approximate surface area is 110 Å². The Kier molecular flexibility index (Phi) is 2.97. The Morgan fingerprint density at radius 1 is 1.47 bits per heavy atom. The van der Waals surface area contributed by atoms with Crippen molar-refractivity contribution < 1.29 is 0 Å². The molecule has 1 aliphatic rings. The number of thiophene rings is 1. The molecule has 17 heavy (non-hydrogen) atoms. The number of fused-ring (bicyclic) bond motifs is 1. The summed E-state index contributed by atoms with van der Waals surface area (Å²) in [6.45, 7) is 1.06. The fraction of sp³-hybridized carbons (Fsp3) is 0.462. The minimum Gasteiger partial charge on any atom is -0.359 e. The number of alkyl halides is 1. The first-order valence-electron chi connectivity index (χ1n) is 5.91. The maximum Gasteiger partial charge on any atom is 0.137 e. The van der Waals surface area contributed by atoms with E-state index in [9.17, 15) is 0 Å². The molecule has 0 bridgehead atoms. The molecule has 0 saturated heterocycles. The van der Waals surface area contributed by atoms with E-state index in [4.69, 9.17) is 11.6 Å². The first kappa shape index (κ1) is 11.3. The minimum atomic E-state index is 0.401. The van der Waals surface area contributed by atoms with Gasteiger partial charge in [-0.2, -0.15) is 0 Å². The monoisotopic (exact) mass is 266 g/mol. The normalized spacial score (nSPS) is 23.6. The fourth-order valence-electron chi connectivity index (χ4n) is 2.46. The number of hydrogen-bond acceptors (Lipinski definition) is 3. The van der Waals surface area contributed by atoms with E-state index in [0.717, 1.165) is 31.1 Å². The van der Waals surface area contributed by atoms with Crippen LogP contribution in [0, 0.1) is 5.92 Å². The van der Waals surface area contributed by atoms with E-state index >= 15 is 0 Å². The Hall–Kier alpha value is -0.800. The third-order valence-corrected chi connectivity index (χ3v) is 4.67. The third-order valence-electron chi connectivity index (χ3n) is 3.43. The van der Waals surface area contributed by atoms with Crippen LogP contribution in [0.5, 0.6) is 0 Å². The van der Waals surface area contributed by atoms with Gasteiger partial charge in [-0.05, 0) is 36.3 Å². The van der Waals surface area contributed by atoms with E-state index in [1.165, 1.54) is 10.1 Å². The SMILES string of the molecule is CN(CC1CC(Cl)C1)c1nccc2sccc12. The van der Waals surface area contributed by atoms with Crippen LogP contribution in [0.15, 0.2) is 23.7 Å². The van der Waals surface area contributed by atoms with Gasteiger partial charge < -0.3 is 4.90 Å². The van der Waals surface area contributed by atoms with Gasteiger partial charge in [0, 0.05) is 35.3 Å². The van der Waals surface area contributed by atoms with Crippen molar-refractivity contribution in [3.63, 3.8) is 0 Å². The Bertz CT molecular complexity index is 519. The average molecular weight is 267 g/mol. The highest BCUT2D eigenvalue weighted by Crippen LogP contribution is 2.34. The molecule has 2 aromatic heterocycles. The molecule has 0 aliphatic heterocycles. The van der Waals surface area contributed by atoms with Crippen molar-refractivity contribution in [3.05, 3.63) is 23.7 Å². The summed E-state index contributed by atoms with van der Waals surface area (Å²) in [5.41, 5.74) is 0. The van der Waals surface area contributed by atoms with Gasteiger partial charge >= 0.3 is 0 Å². The number of halogens is 1. The van der Waals surface area contributed by atoms with Gasteiger partial charge in [0.2, 0.25) is 0 Å². The molecular weight excluding hydrogens is 252 g/mol. The van der Waals surface area contributed by atoms with Crippen LogP contribution in [0.4, 0.5) is 5.82 Å². The van der Waals surface area contributed by atoms with Gasteiger partial charge in [-0.1, -0.05) is 0 Å². The van der Waals surface area contributed by atoms with Crippen LogP contribution in [0.2, 0.25) is 0 Å². The second-order valence-electron chi connectivity index (χ2n) is 4.78. The van der Waals surface area contributed by atoms with E-state index in [1.807, 2.05) is 6.20 Å². The molecule has 90 valence electrons. The number of rotatable bonds is 3. The van der Waals surface area contributed by atoms with Crippen molar-refractivity contribution in [2.45, 2.75) is 18.2 Å². The van der Waals surface area contributed by atoms with Crippen molar-refractivity contribution in [3.8, 4) is 0 Å². The van der Waals surface area contributed by atoms with Gasteiger partial charge in [0.15, 0.2) is 0 Å². The predicted molar refractivity (Wildman–Crippen MR) is 75.3 cm³/mol. The lowest BCUT2D eigenvalue weighted by molar-refractivity contribution is 0.329. The molecule has 1 fully saturated rings. The molecule has 2 aromatic rings. The first-order valence-corrected chi connectivity index (χ1v) is 7.23. The summed E-state index contributed by atoms with van der Waals surface area (Å²) < 4.78 is 1.31. The van der Waals surface area contributed by atoms with Crippen LogP contribution in [0.3, 0.4) is 0 Å². The van der Waals surface area contributed by atoms with Gasteiger partial charge in [0.1, 0.15) is 5.82 Å². The predicted octanol–water partition coefficient (Wildman–Crippen LogP) is 3.75. The van der Waals surface area contributed by atoms with Gasteiger partial charge in [-0.25, -0.2) is 4.98 Å². The number of pyridine rings is 1. The van der Waals surface area contributed by atoms with Crippen molar-refractivity contribution in [1.82, 2.24) is 4.98 Å². The summed E-state index contributed by atoms with van der Waals surface area (Å²) in [6.07, 6.45) is 4.19. The molecule has 0 unspecified atom stereocenters. The number of hydrogen-bond donors (Lipinski definition) is 0. The quantitative estimate of drug-likeness (QED) is 0.787. The molecule has 2 nitrogen and oxygen atoms in total. The molecule has 1 aliphatic carbocycles. The van der Waals surface area contributed by atoms with E-state index in [0.29, 0.717) is 5.38 Å². The summed E-state index contributed by atoms with van der Waals surface area (Å²) >= 11 is 7.79. The molecular formula is C13H15ClN2S. The summed E-state index contributed by atoms with van der Waals surface area (Å²) in [6, 6.07) is 4.24. The van der Waals surface area contributed by atoms with Gasteiger partial charge in [-0.3, -0.25) is 0 Å². The standard InChI is InChI=1S/C13H15ClN2S/c1-16(8-9-6-10(14)7-9)13-11-3-5-17-12(11)2-4-15-13/h2-5,9-10H,6-8H2,1H3. The highest BCUT2D eigenvalue weighted by Gasteiger charge is 2.28.